The zero-order valence-electron chi connectivity index (χ0n) is 27.3. The molecule has 4 nitrogen and oxygen atoms in total. The van der Waals surface area contributed by atoms with Crippen LogP contribution in [0.4, 0.5) is 28.4 Å². The first-order chi connectivity index (χ1) is 24.8. The lowest BCUT2D eigenvalue weighted by Gasteiger charge is -2.33. The Balaban J connectivity index is 1.27. The number of para-hydroxylation sites is 4. The van der Waals surface area contributed by atoms with Gasteiger partial charge in [-0.15, -0.1) is 0 Å². The van der Waals surface area contributed by atoms with Crippen molar-refractivity contribution >= 4 is 72.8 Å². The van der Waals surface area contributed by atoms with Crippen molar-refractivity contribution in [3.63, 3.8) is 0 Å². The van der Waals surface area contributed by atoms with Gasteiger partial charge >= 0.3 is 0 Å². The molecule has 0 saturated heterocycles. The van der Waals surface area contributed by atoms with E-state index in [1.807, 2.05) is 24.5 Å². The summed E-state index contributed by atoms with van der Waals surface area (Å²) in [4.78, 5) is 14.5. The summed E-state index contributed by atoms with van der Waals surface area (Å²) in [5.41, 5.74) is 9.99. The average molecular weight is 641 g/mol. The van der Waals surface area contributed by atoms with E-state index in [1.165, 1.54) is 26.8 Å². The van der Waals surface area contributed by atoms with Crippen molar-refractivity contribution in [1.82, 2.24) is 9.97 Å². The molecule has 0 spiro atoms. The van der Waals surface area contributed by atoms with Crippen LogP contribution in [0.25, 0.3) is 44.4 Å². The molecule has 0 bridgehead atoms. The maximum Gasteiger partial charge on any atom is 0.0942 e. The highest BCUT2D eigenvalue weighted by Crippen LogP contribution is 2.41. The molecular formula is C46H32N4. The molecule has 0 fully saturated rings. The van der Waals surface area contributed by atoms with E-state index < -0.39 is 0 Å². The Bertz CT molecular complexity index is 2740. The molecule has 0 amide bonds. The van der Waals surface area contributed by atoms with Crippen molar-refractivity contribution in [3.8, 4) is 0 Å². The van der Waals surface area contributed by atoms with Crippen molar-refractivity contribution in [1.29, 1.82) is 0 Å². The largest absolute Gasteiger partial charge is 0.308 e. The first-order valence-corrected chi connectivity index (χ1v) is 17.2. The molecule has 6 aromatic carbocycles. The second kappa shape index (κ2) is 11.6. The summed E-state index contributed by atoms with van der Waals surface area (Å²) in [6.07, 6.45) is 11.9. The van der Waals surface area contributed by atoms with Gasteiger partial charge in [0.05, 0.1) is 33.8 Å². The molecule has 2 aromatic heterocycles. The zero-order valence-corrected chi connectivity index (χ0v) is 27.3. The summed E-state index contributed by atoms with van der Waals surface area (Å²) in [6.45, 7) is 0. The smallest absolute Gasteiger partial charge is 0.0942 e. The zero-order chi connectivity index (χ0) is 33.0. The molecule has 0 radical (unpaired) electrons. The molecule has 4 heteroatoms. The lowest BCUT2D eigenvalue weighted by atomic mass is 9.81. The van der Waals surface area contributed by atoms with Crippen molar-refractivity contribution < 1.29 is 0 Å². The van der Waals surface area contributed by atoms with E-state index in [4.69, 9.17) is 9.97 Å². The number of aromatic nitrogens is 2. The Morgan fingerprint density at radius 3 is 1.78 bits per heavy atom. The van der Waals surface area contributed by atoms with Crippen molar-refractivity contribution in [2.75, 3.05) is 9.80 Å². The van der Waals surface area contributed by atoms with E-state index in [0.717, 1.165) is 62.4 Å². The van der Waals surface area contributed by atoms with Crippen LogP contribution in [0.15, 0.2) is 170 Å². The third-order valence-electron chi connectivity index (χ3n) is 10.2. The summed E-state index contributed by atoms with van der Waals surface area (Å²) >= 11 is 0. The summed E-state index contributed by atoms with van der Waals surface area (Å²) in [5.74, 6) is 0.285. The SMILES string of the molecule is C1=CC2CC=c3c(N(c4ccccc4)c4cccc5cccnc45)ccc4ccc(c2c34)=C1N(c1ccccc1)c1cccc2cccnc12. The molecule has 0 saturated carbocycles. The number of benzene rings is 6. The van der Waals surface area contributed by atoms with Crippen LogP contribution < -0.4 is 20.2 Å². The second-order valence-corrected chi connectivity index (χ2v) is 13.0. The maximum atomic E-state index is 4.88. The van der Waals surface area contributed by atoms with Crippen molar-refractivity contribution in [2.24, 2.45) is 0 Å². The number of hydrogen-bond acceptors (Lipinski definition) is 4. The Morgan fingerprint density at radius 1 is 0.500 bits per heavy atom. The fraction of sp³-hybridized carbons (Fsp3) is 0.0435. The molecule has 1 atom stereocenters. The highest BCUT2D eigenvalue weighted by atomic mass is 15.2. The first-order valence-electron chi connectivity index (χ1n) is 17.2. The quantitative estimate of drug-likeness (QED) is 0.181. The summed E-state index contributed by atoms with van der Waals surface area (Å²) in [5, 5.41) is 7.33. The predicted molar refractivity (Wildman–Crippen MR) is 208 cm³/mol. The second-order valence-electron chi connectivity index (χ2n) is 13.0. The molecular weight excluding hydrogens is 609 g/mol. The van der Waals surface area contributed by atoms with Gasteiger partial charge < -0.3 is 9.80 Å². The number of pyridine rings is 2. The molecule has 8 aromatic rings. The highest BCUT2D eigenvalue weighted by molar-refractivity contribution is 6.02. The topological polar surface area (TPSA) is 32.3 Å². The van der Waals surface area contributed by atoms with Gasteiger partial charge in [-0.1, -0.05) is 103 Å². The molecule has 2 aliphatic rings. The molecule has 50 heavy (non-hydrogen) atoms. The van der Waals surface area contributed by atoms with Gasteiger partial charge in [-0.2, -0.15) is 0 Å². The number of anilines is 5. The molecule has 10 rings (SSSR count). The monoisotopic (exact) mass is 640 g/mol. The van der Waals surface area contributed by atoms with Gasteiger partial charge in [-0.05, 0) is 83.4 Å². The normalized spacial score (nSPS) is 14.6. The van der Waals surface area contributed by atoms with Crippen LogP contribution in [0.3, 0.4) is 0 Å². The van der Waals surface area contributed by atoms with Crippen LogP contribution in [-0.4, -0.2) is 9.97 Å². The van der Waals surface area contributed by atoms with Crippen LogP contribution in [0, 0.1) is 0 Å². The van der Waals surface area contributed by atoms with E-state index in [2.05, 4.69) is 161 Å². The molecule has 1 unspecified atom stereocenters. The van der Waals surface area contributed by atoms with Gasteiger partial charge in [0.1, 0.15) is 0 Å². The van der Waals surface area contributed by atoms with E-state index in [1.54, 1.807) is 0 Å². The Kier molecular flexibility index (Phi) is 6.59. The van der Waals surface area contributed by atoms with Crippen LogP contribution in [-0.2, 0) is 0 Å². The number of nitrogens with zero attached hydrogens (tertiary/aromatic N) is 4. The van der Waals surface area contributed by atoms with E-state index in [-0.39, 0.29) is 5.92 Å². The minimum absolute atomic E-state index is 0.285. The fourth-order valence-corrected chi connectivity index (χ4v) is 8.01. The lowest BCUT2D eigenvalue weighted by Crippen LogP contribution is -2.31. The maximum absolute atomic E-state index is 4.88. The molecule has 0 N–H and O–H groups in total. The van der Waals surface area contributed by atoms with Gasteiger partial charge in [0, 0.05) is 50.9 Å². The average Bonchev–Trinajstić information content (AvgIpc) is 3.19. The minimum Gasteiger partial charge on any atom is -0.308 e. The molecule has 2 aliphatic carbocycles. The summed E-state index contributed by atoms with van der Waals surface area (Å²) < 4.78 is 0. The Morgan fingerprint density at radius 2 is 1.10 bits per heavy atom. The third-order valence-corrected chi connectivity index (χ3v) is 10.2. The Labute approximate surface area is 290 Å². The molecule has 2 heterocycles. The Hall–Kier alpha value is -6.52. The van der Waals surface area contributed by atoms with Gasteiger partial charge in [0.15, 0.2) is 0 Å². The van der Waals surface area contributed by atoms with Crippen LogP contribution >= 0.6 is 0 Å². The molecule has 236 valence electrons. The highest BCUT2D eigenvalue weighted by Gasteiger charge is 2.28. The van der Waals surface area contributed by atoms with Gasteiger partial charge in [0.25, 0.3) is 0 Å². The number of fused-ring (bicyclic) bond motifs is 2. The van der Waals surface area contributed by atoms with Crippen LogP contribution in [0.5, 0.6) is 0 Å². The van der Waals surface area contributed by atoms with Gasteiger partial charge in [0.2, 0.25) is 0 Å². The van der Waals surface area contributed by atoms with E-state index in [9.17, 15) is 0 Å². The number of allylic oxidation sites excluding steroid dienone is 1. The van der Waals surface area contributed by atoms with Crippen molar-refractivity contribution in [2.45, 2.75) is 12.3 Å². The fourth-order valence-electron chi connectivity index (χ4n) is 8.01. The van der Waals surface area contributed by atoms with Crippen LogP contribution in [0.2, 0.25) is 0 Å². The summed E-state index contributed by atoms with van der Waals surface area (Å²) in [7, 11) is 0. The van der Waals surface area contributed by atoms with Gasteiger partial charge in [-0.25, -0.2) is 0 Å². The van der Waals surface area contributed by atoms with E-state index >= 15 is 0 Å². The third kappa shape index (κ3) is 4.46. The van der Waals surface area contributed by atoms with E-state index in [0.29, 0.717) is 0 Å². The van der Waals surface area contributed by atoms with Crippen molar-refractivity contribution in [3.05, 3.63) is 186 Å². The number of rotatable bonds is 6. The predicted octanol–water partition coefficient (Wildman–Crippen LogP) is 10.2. The summed E-state index contributed by atoms with van der Waals surface area (Å²) in [6, 6.07) is 51.8. The lowest BCUT2D eigenvalue weighted by molar-refractivity contribution is 0.872. The van der Waals surface area contributed by atoms with Gasteiger partial charge in [-0.3, -0.25) is 9.97 Å². The first kappa shape index (κ1) is 28.5. The minimum atomic E-state index is 0.285. The standard InChI is InChI=1S/C46H32N4/c1-3-15-35(16-4-1)49(41-19-7-11-33-13-9-29-47-45(33)41)39-27-23-31-22-26-38-40(28-24-32-21-25-37(39)43(31)44(32)38)50(36-17-5-2-6-18-36)42-20-8-12-34-14-10-30-48-46(34)42/h1-21,23-31H,22H2. The number of hydrogen-bond donors (Lipinski definition) is 0. The van der Waals surface area contributed by atoms with Crippen LogP contribution in [0.1, 0.15) is 17.9 Å². The molecule has 0 aliphatic heterocycles.